The van der Waals surface area contributed by atoms with Crippen molar-refractivity contribution in [1.82, 2.24) is 0 Å². The molecule has 14 heavy (non-hydrogen) atoms. The molecule has 0 spiro atoms. The smallest absolute Gasteiger partial charge is 0.322 e. The van der Waals surface area contributed by atoms with Gasteiger partial charge in [0.05, 0.1) is 6.10 Å². The van der Waals surface area contributed by atoms with Crippen molar-refractivity contribution in [2.75, 3.05) is 0 Å². The lowest BCUT2D eigenvalue weighted by molar-refractivity contribution is -0.150. The standard InChI is InChI=1S/C11H21NO2/c1-8(14-11(13)9(2)12)7-10-5-3-4-6-10/h8-10H,3-7,12H2,1-2H3/t8-,9-/m0/s1. The van der Waals surface area contributed by atoms with Crippen LogP contribution in [0.3, 0.4) is 0 Å². The molecule has 0 aromatic carbocycles. The summed E-state index contributed by atoms with van der Waals surface area (Å²) in [5, 5.41) is 0. The van der Waals surface area contributed by atoms with Gasteiger partial charge in [0.25, 0.3) is 0 Å². The minimum absolute atomic E-state index is 0.0246. The van der Waals surface area contributed by atoms with Crippen molar-refractivity contribution >= 4 is 5.97 Å². The summed E-state index contributed by atoms with van der Waals surface area (Å²) in [5.74, 6) is 0.473. The van der Waals surface area contributed by atoms with Crippen LogP contribution in [0.25, 0.3) is 0 Å². The van der Waals surface area contributed by atoms with E-state index in [1.807, 2.05) is 6.92 Å². The summed E-state index contributed by atoms with van der Waals surface area (Å²) in [6, 6.07) is -0.499. The molecular formula is C11H21NO2. The van der Waals surface area contributed by atoms with Crippen LogP contribution in [0.1, 0.15) is 46.0 Å². The molecule has 1 aliphatic carbocycles. The van der Waals surface area contributed by atoms with Gasteiger partial charge in [-0.2, -0.15) is 0 Å². The van der Waals surface area contributed by atoms with E-state index in [9.17, 15) is 4.79 Å². The third kappa shape index (κ3) is 3.66. The van der Waals surface area contributed by atoms with E-state index >= 15 is 0 Å². The number of carbonyl (C=O) groups excluding carboxylic acids is 1. The fraction of sp³-hybridized carbons (Fsp3) is 0.909. The van der Waals surface area contributed by atoms with Crippen molar-refractivity contribution in [3.8, 4) is 0 Å². The van der Waals surface area contributed by atoms with Gasteiger partial charge >= 0.3 is 5.97 Å². The number of esters is 1. The highest BCUT2D eigenvalue weighted by atomic mass is 16.5. The van der Waals surface area contributed by atoms with Crippen molar-refractivity contribution in [2.24, 2.45) is 11.7 Å². The summed E-state index contributed by atoms with van der Waals surface area (Å²) in [6.07, 6.45) is 6.27. The van der Waals surface area contributed by atoms with Crippen LogP contribution in [-0.2, 0) is 9.53 Å². The van der Waals surface area contributed by atoms with Crippen LogP contribution in [0.5, 0.6) is 0 Å². The highest BCUT2D eigenvalue weighted by molar-refractivity contribution is 5.75. The topological polar surface area (TPSA) is 52.3 Å². The Hall–Kier alpha value is -0.570. The first-order valence-corrected chi connectivity index (χ1v) is 5.55. The van der Waals surface area contributed by atoms with E-state index in [2.05, 4.69) is 0 Å². The lowest BCUT2D eigenvalue weighted by Gasteiger charge is -2.18. The number of nitrogens with two attached hydrogens (primary N) is 1. The normalized spacial score (nSPS) is 21.9. The Morgan fingerprint density at radius 3 is 2.50 bits per heavy atom. The summed E-state index contributed by atoms with van der Waals surface area (Å²) in [4.78, 5) is 11.2. The average molecular weight is 199 g/mol. The van der Waals surface area contributed by atoms with Crippen LogP contribution in [0.4, 0.5) is 0 Å². The molecule has 0 heterocycles. The molecule has 0 radical (unpaired) electrons. The summed E-state index contributed by atoms with van der Waals surface area (Å²) in [5.41, 5.74) is 5.42. The third-order valence-electron chi connectivity index (χ3n) is 2.83. The molecular weight excluding hydrogens is 178 g/mol. The molecule has 2 N–H and O–H groups in total. The molecule has 0 unspecified atom stereocenters. The Kier molecular flexibility index (Phi) is 4.39. The summed E-state index contributed by atoms with van der Waals surface area (Å²) in [7, 11) is 0. The fourth-order valence-corrected chi connectivity index (χ4v) is 2.07. The summed E-state index contributed by atoms with van der Waals surface area (Å²) in [6.45, 7) is 3.61. The SMILES string of the molecule is C[C@H](N)C(=O)O[C@@H](C)CC1CCCC1. The number of ether oxygens (including phenoxy) is 1. The second-order valence-corrected chi connectivity index (χ2v) is 4.42. The number of rotatable bonds is 4. The second kappa shape index (κ2) is 5.35. The Morgan fingerprint density at radius 1 is 1.43 bits per heavy atom. The first-order chi connectivity index (χ1) is 6.59. The van der Waals surface area contributed by atoms with Crippen molar-refractivity contribution in [3.05, 3.63) is 0 Å². The molecule has 0 aliphatic heterocycles. The second-order valence-electron chi connectivity index (χ2n) is 4.42. The molecule has 0 aromatic heterocycles. The zero-order valence-corrected chi connectivity index (χ0v) is 9.16. The van der Waals surface area contributed by atoms with E-state index in [0.29, 0.717) is 0 Å². The van der Waals surface area contributed by atoms with Crippen molar-refractivity contribution < 1.29 is 9.53 Å². The minimum atomic E-state index is -0.499. The van der Waals surface area contributed by atoms with Crippen LogP contribution in [0.15, 0.2) is 0 Å². The van der Waals surface area contributed by atoms with Crippen molar-refractivity contribution in [2.45, 2.75) is 58.1 Å². The highest BCUT2D eigenvalue weighted by Gasteiger charge is 2.20. The third-order valence-corrected chi connectivity index (χ3v) is 2.83. The number of hydrogen-bond acceptors (Lipinski definition) is 3. The molecule has 1 aliphatic rings. The van der Waals surface area contributed by atoms with Gasteiger partial charge in [0.1, 0.15) is 6.04 Å². The van der Waals surface area contributed by atoms with Gasteiger partial charge in [0.15, 0.2) is 0 Å². The zero-order valence-electron chi connectivity index (χ0n) is 9.16. The molecule has 1 fully saturated rings. The van der Waals surface area contributed by atoms with E-state index in [4.69, 9.17) is 10.5 Å². The largest absolute Gasteiger partial charge is 0.462 e. The summed E-state index contributed by atoms with van der Waals surface area (Å²) < 4.78 is 5.21. The first-order valence-electron chi connectivity index (χ1n) is 5.55. The molecule has 0 saturated heterocycles. The van der Waals surface area contributed by atoms with E-state index < -0.39 is 6.04 Å². The van der Waals surface area contributed by atoms with Crippen LogP contribution >= 0.6 is 0 Å². The maximum absolute atomic E-state index is 11.2. The van der Waals surface area contributed by atoms with Gasteiger partial charge in [0, 0.05) is 0 Å². The number of carbonyl (C=O) groups is 1. The number of hydrogen-bond donors (Lipinski definition) is 1. The van der Waals surface area contributed by atoms with Gasteiger partial charge in [-0.1, -0.05) is 25.7 Å². The molecule has 0 amide bonds. The monoisotopic (exact) mass is 199 g/mol. The maximum atomic E-state index is 11.2. The molecule has 1 saturated carbocycles. The van der Waals surface area contributed by atoms with Crippen LogP contribution in [0.2, 0.25) is 0 Å². The molecule has 3 nitrogen and oxygen atoms in total. The van der Waals surface area contributed by atoms with Crippen molar-refractivity contribution in [3.63, 3.8) is 0 Å². The lowest BCUT2D eigenvalue weighted by atomic mass is 10.0. The molecule has 3 heteroatoms. The lowest BCUT2D eigenvalue weighted by Crippen LogP contribution is -2.31. The molecule has 1 rings (SSSR count). The Bertz CT molecular complexity index is 186. The van der Waals surface area contributed by atoms with Crippen molar-refractivity contribution in [1.29, 1.82) is 0 Å². The van der Waals surface area contributed by atoms with Gasteiger partial charge in [-0.05, 0) is 26.2 Å². The van der Waals surface area contributed by atoms with Crippen LogP contribution in [-0.4, -0.2) is 18.1 Å². The minimum Gasteiger partial charge on any atom is -0.462 e. The maximum Gasteiger partial charge on any atom is 0.322 e. The van der Waals surface area contributed by atoms with E-state index in [1.165, 1.54) is 25.7 Å². The van der Waals surface area contributed by atoms with Gasteiger partial charge in [-0.25, -0.2) is 0 Å². The fourth-order valence-electron chi connectivity index (χ4n) is 2.07. The predicted molar refractivity (Wildman–Crippen MR) is 55.8 cm³/mol. The van der Waals surface area contributed by atoms with Crippen LogP contribution in [0, 0.1) is 5.92 Å². The zero-order chi connectivity index (χ0) is 10.6. The predicted octanol–water partition coefficient (Wildman–Crippen LogP) is 1.85. The first kappa shape index (κ1) is 11.5. The Balaban J connectivity index is 2.20. The Labute approximate surface area is 86.0 Å². The quantitative estimate of drug-likeness (QED) is 0.703. The van der Waals surface area contributed by atoms with Gasteiger partial charge in [-0.15, -0.1) is 0 Å². The molecule has 0 aromatic rings. The van der Waals surface area contributed by atoms with E-state index in [1.54, 1.807) is 6.92 Å². The molecule has 2 atom stereocenters. The van der Waals surface area contributed by atoms with Gasteiger partial charge < -0.3 is 10.5 Å². The molecule has 82 valence electrons. The summed E-state index contributed by atoms with van der Waals surface area (Å²) >= 11 is 0. The van der Waals surface area contributed by atoms with Crippen LogP contribution < -0.4 is 5.73 Å². The van der Waals surface area contributed by atoms with Gasteiger partial charge in [0.2, 0.25) is 0 Å². The Morgan fingerprint density at radius 2 is 2.00 bits per heavy atom. The molecule has 0 bridgehead atoms. The highest BCUT2D eigenvalue weighted by Crippen LogP contribution is 2.29. The van der Waals surface area contributed by atoms with E-state index in [0.717, 1.165) is 12.3 Å². The van der Waals surface area contributed by atoms with E-state index in [-0.39, 0.29) is 12.1 Å². The van der Waals surface area contributed by atoms with Gasteiger partial charge in [-0.3, -0.25) is 4.79 Å². The average Bonchev–Trinajstić information content (AvgIpc) is 2.56.